The van der Waals surface area contributed by atoms with E-state index in [9.17, 15) is 13.9 Å². The van der Waals surface area contributed by atoms with E-state index in [2.05, 4.69) is 27.5 Å². The number of morpholine rings is 1. The Morgan fingerprint density at radius 1 is 1.18 bits per heavy atom. The first kappa shape index (κ1) is 21.4. The molecule has 8 heteroatoms. The molecule has 0 bridgehead atoms. The van der Waals surface area contributed by atoms with Gasteiger partial charge in [0.2, 0.25) is 0 Å². The third kappa shape index (κ3) is 5.60. The number of halogens is 3. The summed E-state index contributed by atoms with van der Waals surface area (Å²) in [5.41, 5.74) is 1.96. The molecule has 3 rings (SSSR count). The largest absolute Gasteiger partial charge is 0.389 e. The van der Waals surface area contributed by atoms with Gasteiger partial charge in [0.25, 0.3) is 0 Å². The third-order valence-electron chi connectivity index (χ3n) is 4.48. The van der Waals surface area contributed by atoms with Crippen LogP contribution in [0.25, 0.3) is 0 Å². The van der Waals surface area contributed by atoms with Crippen molar-refractivity contribution < 1.29 is 23.5 Å². The second-order valence-corrected chi connectivity index (χ2v) is 7.93. The maximum absolute atomic E-state index is 13.8. The highest BCUT2D eigenvalue weighted by atomic mass is 127. The summed E-state index contributed by atoms with van der Waals surface area (Å²) < 4.78 is 33.5. The fourth-order valence-electron chi connectivity index (χ4n) is 3.04. The van der Waals surface area contributed by atoms with Crippen LogP contribution in [0.4, 0.5) is 20.2 Å². The number of hydrogen-bond donors (Lipinski definition) is 1. The van der Waals surface area contributed by atoms with E-state index in [1.54, 1.807) is 0 Å². The Morgan fingerprint density at radius 3 is 2.61 bits per heavy atom. The first-order valence-electron chi connectivity index (χ1n) is 9.06. The van der Waals surface area contributed by atoms with E-state index in [1.165, 1.54) is 11.1 Å². The molecule has 2 aromatic rings. The smallest absolute Gasteiger partial charge is 0.160 e. The Labute approximate surface area is 176 Å². The standard InChI is InChI=1S/C20H23F2IN2O3/c1-14-10-15(23)2-5-20(14)25(16-3-4-18(21)19(22)11-16)28-13-17(26)12-24-6-8-27-9-7-24/h2-5,10-11,17,26H,6-9,12-13H2,1H3. The van der Waals surface area contributed by atoms with Crippen LogP contribution in [0.2, 0.25) is 0 Å². The summed E-state index contributed by atoms with van der Waals surface area (Å²) in [5, 5.41) is 11.8. The van der Waals surface area contributed by atoms with E-state index in [-0.39, 0.29) is 6.61 Å². The van der Waals surface area contributed by atoms with Crippen LogP contribution in [0.15, 0.2) is 36.4 Å². The Kier molecular flexibility index (Phi) is 7.58. The van der Waals surface area contributed by atoms with E-state index in [1.807, 2.05) is 25.1 Å². The molecule has 1 saturated heterocycles. The molecule has 152 valence electrons. The van der Waals surface area contributed by atoms with Crippen molar-refractivity contribution in [3.05, 3.63) is 57.2 Å². The maximum atomic E-state index is 13.8. The van der Waals surface area contributed by atoms with E-state index in [4.69, 9.17) is 9.57 Å². The average molecular weight is 504 g/mol. The number of aliphatic hydroxyl groups excluding tert-OH is 1. The second kappa shape index (κ2) is 9.93. The summed E-state index contributed by atoms with van der Waals surface area (Å²) >= 11 is 2.21. The molecule has 0 radical (unpaired) electrons. The van der Waals surface area contributed by atoms with Gasteiger partial charge >= 0.3 is 0 Å². The summed E-state index contributed by atoms with van der Waals surface area (Å²) in [4.78, 5) is 7.97. The number of rotatable bonds is 7. The second-order valence-electron chi connectivity index (χ2n) is 6.69. The Balaban J connectivity index is 1.76. The van der Waals surface area contributed by atoms with E-state index < -0.39 is 17.7 Å². The molecule has 0 saturated carbocycles. The van der Waals surface area contributed by atoms with Gasteiger partial charge in [-0.05, 0) is 65.4 Å². The molecule has 5 nitrogen and oxygen atoms in total. The summed E-state index contributed by atoms with van der Waals surface area (Å²) in [5.74, 6) is -1.88. The summed E-state index contributed by atoms with van der Waals surface area (Å²) in [6, 6.07) is 9.32. The number of β-amino-alcohol motifs (C(OH)–C–C–N with tert-alkyl or cyclic N) is 1. The molecular formula is C20H23F2IN2O3. The van der Waals surface area contributed by atoms with Crippen LogP contribution in [-0.2, 0) is 9.57 Å². The minimum atomic E-state index is -0.955. The fourth-order valence-corrected chi connectivity index (χ4v) is 3.68. The highest BCUT2D eigenvalue weighted by Crippen LogP contribution is 2.31. The minimum Gasteiger partial charge on any atom is -0.389 e. The van der Waals surface area contributed by atoms with Crippen molar-refractivity contribution in [2.45, 2.75) is 13.0 Å². The van der Waals surface area contributed by atoms with Crippen molar-refractivity contribution >= 4 is 34.0 Å². The van der Waals surface area contributed by atoms with Gasteiger partial charge in [0, 0.05) is 29.3 Å². The van der Waals surface area contributed by atoms with Gasteiger partial charge in [-0.3, -0.25) is 9.74 Å². The van der Waals surface area contributed by atoms with Crippen molar-refractivity contribution in [2.75, 3.05) is 44.5 Å². The molecule has 0 amide bonds. The molecule has 1 N–H and O–H groups in total. The Hall–Kier alpha value is -1.33. The molecule has 1 unspecified atom stereocenters. The zero-order valence-corrected chi connectivity index (χ0v) is 17.7. The molecule has 1 atom stereocenters. The van der Waals surface area contributed by atoms with Crippen LogP contribution in [0.1, 0.15) is 5.56 Å². The highest BCUT2D eigenvalue weighted by Gasteiger charge is 2.19. The van der Waals surface area contributed by atoms with Gasteiger partial charge in [-0.2, -0.15) is 0 Å². The predicted octanol–water partition coefficient (Wildman–Crippen LogP) is 3.64. The van der Waals surface area contributed by atoms with Gasteiger partial charge in [0.1, 0.15) is 6.61 Å². The molecule has 2 aromatic carbocycles. The van der Waals surface area contributed by atoms with Crippen LogP contribution in [0.5, 0.6) is 0 Å². The number of hydrogen-bond acceptors (Lipinski definition) is 5. The zero-order chi connectivity index (χ0) is 20.1. The third-order valence-corrected chi connectivity index (χ3v) is 5.15. The lowest BCUT2D eigenvalue weighted by Crippen LogP contribution is -2.42. The molecule has 0 spiro atoms. The van der Waals surface area contributed by atoms with Crippen LogP contribution < -0.4 is 5.06 Å². The summed E-state index contributed by atoms with van der Waals surface area (Å²) in [6.45, 7) is 5.22. The zero-order valence-electron chi connectivity index (χ0n) is 15.6. The van der Waals surface area contributed by atoms with E-state index in [0.717, 1.165) is 34.4 Å². The average Bonchev–Trinajstić information content (AvgIpc) is 2.67. The predicted molar refractivity (Wildman–Crippen MR) is 112 cm³/mol. The first-order valence-corrected chi connectivity index (χ1v) is 10.1. The van der Waals surface area contributed by atoms with Crippen LogP contribution in [0.3, 0.4) is 0 Å². The number of aliphatic hydroxyl groups is 1. The van der Waals surface area contributed by atoms with Gasteiger partial charge in [-0.1, -0.05) is 0 Å². The molecule has 1 aliphatic rings. The molecule has 1 aliphatic heterocycles. The van der Waals surface area contributed by atoms with Crippen LogP contribution >= 0.6 is 22.6 Å². The summed E-state index contributed by atoms with van der Waals surface area (Å²) in [6.07, 6.45) is -0.727. The van der Waals surface area contributed by atoms with Gasteiger partial charge in [-0.15, -0.1) is 0 Å². The van der Waals surface area contributed by atoms with Gasteiger partial charge in [0.15, 0.2) is 11.6 Å². The van der Waals surface area contributed by atoms with Crippen molar-refractivity contribution in [3.8, 4) is 0 Å². The maximum Gasteiger partial charge on any atom is 0.160 e. The van der Waals surface area contributed by atoms with E-state index in [0.29, 0.717) is 31.1 Å². The normalized spacial score (nSPS) is 16.2. The van der Waals surface area contributed by atoms with Gasteiger partial charge < -0.3 is 9.84 Å². The number of aryl methyl sites for hydroxylation is 1. The van der Waals surface area contributed by atoms with Crippen molar-refractivity contribution in [1.29, 1.82) is 0 Å². The number of anilines is 2. The number of benzene rings is 2. The molecule has 0 aromatic heterocycles. The highest BCUT2D eigenvalue weighted by molar-refractivity contribution is 14.1. The van der Waals surface area contributed by atoms with Gasteiger partial charge in [0.05, 0.1) is 30.7 Å². The Morgan fingerprint density at radius 2 is 1.93 bits per heavy atom. The molecular weight excluding hydrogens is 481 g/mol. The number of nitrogens with zero attached hydrogens (tertiary/aromatic N) is 2. The molecule has 0 aliphatic carbocycles. The lowest BCUT2D eigenvalue weighted by Gasteiger charge is -2.30. The van der Waals surface area contributed by atoms with Crippen molar-refractivity contribution in [3.63, 3.8) is 0 Å². The van der Waals surface area contributed by atoms with Crippen molar-refractivity contribution in [2.24, 2.45) is 0 Å². The first-order chi connectivity index (χ1) is 13.4. The van der Waals surface area contributed by atoms with Crippen LogP contribution in [-0.4, -0.2) is 55.6 Å². The molecule has 1 heterocycles. The number of ether oxygens (including phenoxy) is 1. The van der Waals surface area contributed by atoms with Crippen LogP contribution in [0, 0.1) is 22.1 Å². The molecule has 28 heavy (non-hydrogen) atoms. The van der Waals surface area contributed by atoms with Crippen molar-refractivity contribution in [1.82, 2.24) is 4.90 Å². The SMILES string of the molecule is Cc1cc(I)ccc1N(OCC(O)CN1CCOCC1)c1ccc(F)c(F)c1. The summed E-state index contributed by atoms with van der Waals surface area (Å²) in [7, 11) is 0. The van der Waals surface area contributed by atoms with E-state index >= 15 is 0 Å². The monoisotopic (exact) mass is 504 g/mol. The minimum absolute atomic E-state index is 0.0157. The molecule has 1 fully saturated rings. The van der Waals surface area contributed by atoms with Gasteiger partial charge in [-0.25, -0.2) is 13.8 Å². The fraction of sp³-hybridized carbons (Fsp3) is 0.400. The lowest BCUT2D eigenvalue weighted by molar-refractivity contribution is -0.0142. The Bertz CT molecular complexity index is 803. The topological polar surface area (TPSA) is 45.2 Å². The lowest BCUT2D eigenvalue weighted by atomic mass is 10.2. The quantitative estimate of drug-likeness (QED) is 0.461.